The zero-order valence-corrected chi connectivity index (χ0v) is 13.2. The van der Waals surface area contributed by atoms with Crippen molar-refractivity contribution in [1.29, 1.82) is 0 Å². The fraction of sp³-hybridized carbons (Fsp3) is 0.333. The first-order chi connectivity index (χ1) is 9.03. The predicted molar refractivity (Wildman–Crippen MR) is 80.2 cm³/mol. The van der Waals surface area contributed by atoms with Crippen molar-refractivity contribution in [1.82, 2.24) is 10.0 Å². The van der Waals surface area contributed by atoms with E-state index < -0.39 is 10.0 Å². The Morgan fingerprint density at radius 1 is 1.32 bits per heavy atom. The molecule has 0 aromatic carbocycles. The Morgan fingerprint density at radius 2 is 2.11 bits per heavy atom. The number of hydrogen-bond acceptors (Lipinski definition) is 5. The summed E-state index contributed by atoms with van der Waals surface area (Å²) in [5.41, 5.74) is 1.99. The number of rotatable bonds is 6. The van der Waals surface area contributed by atoms with Crippen LogP contribution in [0.1, 0.15) is 16.0 Å². The van der Waals surface area contributed by atoms with Crippen molar-refractivity contribution < 1.29 is 8.42 Å². The van der Waals surface area contributed by atoms with Crippen molar-refractivity contribution in [2.75, 3.05) is 7.05 Å². The van der Waals surface area contributed by atoms with E-state index in [1.165, 1.54) is 11.3 Å². The van der Waals surface area contributed by atoms with Gasteiger partial charge in [0, 0.05) is 18.0 Å². The Labute approximate surface area is 121 Å². The zero-order chi connectivity index (χ0) is 13.9. The summed E-state index contributed by atoms with van der Waals surface area (Å²) in [6, 6.07) is 3.65. The first-order valence-corrected chi connectivity index (χ1v) is 9.02. The maximum absolute atomic E-state index is 12.2. The van der Waals surface area contributed by atoms with Gasteiger partial charge < -0.3 is 5.32 Å². The minimum atomic E-state index is -3.41. The quantitative estimate of drug-likeness (QED) is 0.860. The third-order valence-corrected chi connectivity index (χ3v) is 6.49. The van der Waals surface area contributed by atoms with E-state index in [9.17, 15) is 8.42 Å². The fourth-order valence-corrected chi connectivity index (χ4v) is 4.93. The molecule has 0 aliphatic carbocycles. The highest BCUT2D eigenvalue weighted by Crippen LogP contribution is 2.26. The lowest BCUT2D eigenvalue weighted by molar-refractivity contribution is 0.583. The van der Waals surface area contributed by atoms with E-state index >= 15 is 0 Å². The van der Waals surface area contributed by atoms with Gasteiger partial charge >= 0.3 is 0 Å². The van der Waals surface area contributed by atoms with Gasteiger partial charge in [0.05, 0.1) is 0 Å². The summed E-state index contributed by atoms with van der Waals surface area (Å²) in [7, 11) is -1.56. The molecule has 19 heavy (non-hydrogen) atoms. The summed E-state index contributed by atoms with van der Waals surface area (Å²) in [5, 5.41) is 6.91. The van der Waals surface area contributed by atoms with Gasteiger partial charge in [0.1, 0.15) is 4.21 Å². The Kier molecular flexibility index (Phi) is 4.75. The third-order valence-electron chi connectivity index (χ3n) is 2.65. The van der Waals surface area contributed by atoms with Crippen LogP contribution in [0.3, 0.4) is 0 Å². The number of aryl methyl sites for hydroxylation is 1. The van der Waals surface area contributed by atoms with Crippen LogP contribution in [0.4, 0.5) is 0 Å². The van der Waals surface area contributed by atoms with E-state index in [1.807, 2.05) is 30.8 Å². The van der Waals surface area contributed by atoms with Gasteiger partial charge in [-0.1, -0.05) is 0 Å². The highest BCUT2D eigenvalue weighted by Gasteiger charge is 2.18. The van der Waals surface area contributed by atoms with Crippen LogP contribution in [-0.2, 0) is 23.1 Å². The Hall–Kier alpha value is -0.730. The molecule has 2 rings (SSSR count). The number of nitrogens with one attached hydrogen (secondary N) is 2. The monoisotopic (exact) mass is 316 g/mol. The Bertz CT molecular complexity index is 630. The molecule has 2 aromatic heterocycles. The largest absolute Gasteiger partial charge is 0.315 e. The van der Waals surface area contributed by atoms with Gasteiger partial charge in [-0.3, -0.25) is 0 Å². The number of hydrogen-bond donors (Lipinski definition) is 2. The molecule has 104 valence electrons. The Balaban J connectivity index is 2.12. The molecule has 0 spiro atoms. The molecule has 0 aliphatic rings. The van der Waals surface area contributed by atoms with Crippen LogP contribution >= 0.6 is 22.7 Å². The topological polar surface area (TPSA) is 58.2 Å². The smallest absolute Gasteiger partial charge is 0.250 e. The lowest BCUT2D eigenvalue weighted by atomic mass is 10.3. The molecular formula is C12H16N2O2S3. The van der Waals surface area contributed by atoms with E-state index in [0.717, 1.165) is 16.0 Å². The van der Waals surface area contributed by atoms with E-state index in [4.69, 9.17) is 0 Å². The average molecular weight is 316 g/mol. The zero-order valence-electron chi connectivity index (χ0n) is 10.8. The molecule has 0 amide bonds. The van der Waals surface area contributed by atoms with E-state index in [0.29, 0.717) is 17.3 Å². The minimum absolute atomic E-state index is 0.337. The molecule has 2 aromatic rings. The van der Waals surface area contributed by atoms with Gasteiger partial charge in [0.25, 0.3) is 0 Å². The summed E-state index contributed by atoms with van der Waals surface area (Å²) in [5.74, 6) is 0. The second-order valence-electron chi connectivity index (χ2n) is 4.16. The first-order valence-electron chi connectivity index (χ1n) is 5.77. The summed E-state index contributed by atoms with van der Waals surface area (Å²) in [6.45, 7) is 2.96. The van der Waals surface area contributed by atoms with Gasteiger partial charge in [-0.25, -0.2) is 13.1 Å². The summed E-state index contributed by atoms with van der Waals surface area (Å²) >= 11 is 2.88. The van der Waals surface area contributed by atoms with Gasteiger partial charge in [-0.15, -0.1) is 11.3 Å². The van der Waals surface area contributed by atoms with E-state index in [2.05, 4.69) is 10.0 Å². The molecule has 0 aliphatic heterocycles. The van der Waals surface area contributed by atoms with Gasteiger partial charge in [-0.05, 0) is 48.0 Å². The maximum Gasteiger partial charge on any atom is 0.250 e. The van der Waals surface area contributed by atoms with Crippen LogP contribution in [0, 0.1) is 6.92 Å². The minimum Gasteiger partial charge on any atom is -0.315 e. The molecule has 0 saturated carbocycles. The van der Waals surface area contributed by atoms with E-state index in [1.54, 1.807) is 17.4 Å². The maximum atomic E-state index is 12.2. The first kappa shape index (κ1) is 14.7. The molecule has 7 heteroatoms. The van der Waals surface area contributed by atoms with Crippen LogP contribution in [0.25, 0.3) is 0 Å². The van der Waals surface area contributed by atoms with Crippen LogP contribution in [0.15, 0.2) is 27.1 Å². The molecule has 0 bridgehead atoms. The average Bonchev–Trinajstić information content (AvgIpc) is 2.98. The fourth-order valence-electron chi connectivity index (χ4n) is 1.60. The number of thiophene rings is 2. The highest BCUT2D eigenvalue weighted by molar-refractivity contribution is 7.91. The molecular weight excluding hydrogens is 300 g/mol. The summed E-state index contributed by atoms with van der Waals surface area (Å²) < 4.78 is 27.4. The van der Waals surface area contributed by atoms with Crippen LogP contribution in [0.5, 0.6) is 0 Å². The van der Waals surface area contributed by atoms with Gasteiger partial charge in [-0.2, -0.15) is 11.3 Å². The molecule has 4 nitrogen and oxygen atoms in total. The lowest BCUT2D eigenvalue weighted by Gasteiger charge is -2.02. The molecule has 2 heterocycles. The predicted octanol–water partition coefficient (Wildman–Crippen LogP) is 2.32. The summed E-state index contributed by atoms with van der Waals surface area (Å²) in [6.07, 6.45) is 0. The van der Waals surface area contributed by atoms with Crippen LogP contribution < -0.4 is 10.0 Å². The lowest BCUT2D eigenvalue weighted by Crippen LogP contribution is -2.22. The second kappa shape index (κ2) is 6.15. The molecule has 2 N–H and O–H groups in total. The molecule has 0 fully saturated rings. The van der Waals surface area contributed by atoms with Crippen LogP contribution in [0.2, 0.25) is 0 Å². The molecule has 0 saturated heterocycles. The van der Waals surface area contributed by atoms with Crippen molar-refractivity contribution in [2.24, 2.45) is 0 Å². The molecule has 0 unspecified atom stereocenters. The van der Waals surface area contributed by atoms with Gasteiger partial charge in [0.2, 0.25) is 10.0 Å². The van der Waals surface area contributed by atoms with Crippen molar-refractivity contribution in [2.45, 2.75) is 24.2 Å². The molecule has 0 atom stereocenters. The van der Waals surface area contributed by atoms with Crippen molar-refractivity contribution in [3.63, 3.8) is 0 Å². The normalized spacial score (nSPS) is 11.9. The molecule has 0 radical (unpaired) electrons. The van der Waals surface area contributed by atoms with E-state index in [-0.39, 0.29) is 0 Å². The van der Waals surface area contributed by atoms with Crippen molar-refractivity contribution >= 4 is 32.7 Å². The SMILES string of the molecule is CNCc1sc(S(=O)(=O)NCc2ccsc2)cc1C. The van der Waals surface area contributed by atoms with Gasteiger partial charge in [0.15, 0.2) is 0 Å². The highest BCUT2D eigenvalue weighted by atomic mass is 32.2. The number of sulfonamides is 1. The third kappa shape index (κ3) is 3.64. The second-order valence-corrected chi connectivity index (χ2v) is 8.07. The van der Waals surface area contributed by atoms with Crippen LogP contribution in [-0.4, -0.2) is 15.5 Å². The summed E-state index contributed by atoms with van der Waals surface area (Å²) in [4.78, 5) is 1.05. The standard InChI is InChI=1S/C12H16N2O2S3/c1-9-5-12(18-11(9)7-13-2)19(15,16)14-6-10-3-4-17-8-10/h3-5,8,13-14H,6-7H2,1-2H3. The Morgan fingerprint density at radius 3 is 2.74 bits per heavy atom. The van der Waals surface area contributed by atoms with Crippen molar-refractivity contribution in [3.05, 3.63) is 38.9 Å². The van der Waals surface area contributed by atoms with Crippen molar-refractivity contribution in [3.8, 4) is 0 Å².